The van der Waals surface area contributed by atoms with Crippen molar-refractivity contribution in [3.63, 3.8) is 0 Å². The van der Waals surface area contributed by atoms with E-state index in [1.54, 1.807) is 12.0 Å². The number of aliphatic carboxylic acids is 1. The van der Waals surface area contributed by atoms with Crippen LogP contribution in [0.5, 0.6) is 5.88 Å². The molecule has 0 bridgehead atoms. The van der Waals surface area contributed by atoms with E-state index >= 15 is 0 Å². The lowest BCUT2D eigenvalue weighted by Gasteiger charge is -2.35. The number of aromatic nitrogens is 2. The molecule has 1 aliphatic rings. The number of ether oxygens (including phenoxy) is 2. The van der Waals surface area contributed by atoms with Crippen LogP contribution in [0.4, 0.5) is 0 Å². The fraction of sp³-hybridized carbons (Fsp3) is 0.529. The van der Waals surface area contributed by atoms with Crippen LogP contribution in [-0.4, -0.2) is 69.9 Å². The maximum atomic E-state index is 13.0. The average molecular weight is 395 g/mol. The van der Waals surface area contributed by atoms with Gasteiger partial charge in [0.25, 0.3) is 5.91 Å². The molecule has 1 fully saturated rings. The molecule has 146 valence electrons. The molecule has 1 amide bonds. The van der Waals surface area contributed by atoms with E-state index in [-0.39, 0.29) is 38.4 Å². The molecule has 2 aromatic rings. The molecule has 27 heavy (non-hydrogen) atoms. The predicted molar refractivity (Wildman–Crippen MR) is 97.1 cm³/mol. The van der Waals surface area contributed by atoms with Crippen LogP contribution in [0.3, 0.4) is 0 Å². The molecule has 10 heteroatoms. The lowest BCUT2D eigenvalue weighted by molar-refractivity contribution is -0.162. The largest absolute Gasteiger partial charge is 0.480 e. The summed E-state index contributed by atoms with van der Waals surface area (Å²) in [6.45, 7) is 2.39. The van der Waals surface area contributed by atoms with Crippen molar-refractivity contribution in [3.8, 4) is 5.88 Å². The summed E-state index contributed by atoms with van der Waals surface area (Å²) in [4.78, 5) is 35.6. The molecule has 0 spiro atoms. The molecule has 1 saturated heterocycles. The Morgan fingerprint density at radius 1 is 1.26 bits per heavy atom. The minimum absolute atomic E-state index is 0.000863. The first kappa shape index (κ1) is 19.5. The molecule has 3 rings (SSSR count). The Bertz CT molecular complexity index is 888. The van der Waals surface area contributed by atoms with E-state index in [1.807, 2.05) is 6.92 Å². The number of carbonyl (C=O) groups excluding carboxylic acids is 1. The maximum Gasteiger partial charge on any atom is 0.335 e. The van der Waals surface area contributed by atoms with Gasteiger partial charge in [-0.15, -0.1) is 11.3 Å². The summed E-state index contributed by atoms with van der Waals surface area (Å²) < 4.78 is 10.4. The monoisotopic (exact) mass is 395 g/mol. The van der Waals surface area contributed by atoms with Gasteiger partial charge in [0.05, 0.1) is 17.4 Å². The highest BCUT2D eigenvalue weighted by Gasteiger charge is 2.41. The van der Waals surface area contributed by atoms with Crippen molar-refractivity contribution < 1.29 is 29.3 Å². The van der Waals surface area contributed by atoms with Gasteiger partial charge in [-0.2, -0.15) is 4.98 Å². The van der Waals surface area contributed by atoms with Crippen molar-refractivity contribution >= 4 is 33.4 Å². The Balaban J connectivity index is 1.92. The summed E-state index contributed by atoms with van der Waals surface area (Å²) in [5, 5.41) is 19.9. The average Bonchev–Trinajstić information content (AvgIpc) is 2.98. The zero-order valence-corrected chi connectivity index (χ0v) is 16.1. The van der Waals surface area contributed by atoms with Gasteiger partial charge in [-0.3, -0.25) is 4.79 Å². The second-order valence-electron chi connectivity index (χ2n) is 6.45. The number of aliphatic hydroxyl groups is 1. The van der Waals surface area contributed by atoms with Crippen LogP contribution in [0, 0.1) is 6.92 Å². The minimum Gasteiger partial charge on any atom is -0.480 e. The lowest BCUT2D eigenvalue weighted by Crippen LogP contribution is -2.50. The molecule has 0 atom stereocenters. The summed E-state index contributed by atoms with van der Waals surface area (Å²) >= 11 is 1.24. The molecule has 0 aliphatic carbocycles. The Kier molecular flexibility index (Phi) is 5.31. The van der Waals surface area contributed by atoms with E-state index in [4.69, 9.17) is 14.6 Å². The summed E-state index contributed by atoms with van der Waals surface area (Å²) in [6, 6.07) is 0. The molecule has 3 heterocycles. The molecule has 2 aromatic heterocycles. The van der Waals surface area contributed by atoms with E-state index in [0.29, 0.717) is 26.8 Å². The number of nitrogens with zero attached hydrogens (tertiary/aromatic N) is 3. The summed E-state index contributed by atoms with van der Waals surface area (Å²) in [6.07, 6.45) is -0.00173. The van der Waals surface area contributed by atoms with E-state index in [0.717, 1.165) is 5.56 Å². The number of carboxylic acids is 1. The van der Waals surface area contributed by atoms with E-state index < -0.39 is 11.6 Å². The van der Waals surface area contributed by atoms with Crippen molar-refractivity contribution in [2.24, 2.45) is 0 Å². The van der Waals surface area contributed by atoms with Gasteiger partial charge < -0.3 is 24.6 Å². The van der Waals surface area contributed by atoms with Gasteiger partial charge in [-0.05, 0) is 12.5 Å². The number of fused-ring (bicyclic) bond motifs is 1. The molecule has 0 radical (unpaired) electrons. The number of hydrogen-bond donors (Lipinski definition) is 2. The highest BCUT2D eigenvalue weighted by atomic mass is 32.1. The number of rotatable bonds is 5. The SMILES string of the molecule is COCc1nc(OC)c2c(C)c(C(=O)N3CCC(O)(C(=O)O)CC3)sc2n1. The second kappa shape index (κ2) is 7.37. The van der Waals surface area contributed by atoms with Gasteiger partial charge in [0.2, 0.25) is 5.88 Å². The molecule has 0 aromatic carbocycles. The zero-order chi connectivity index (χ0) is 19.8. The number of thiophene rings is 1. The first-order valence-corrected chi connectivity index (χ1v) is 9.20. The van der Waals surface area contributed by atoms with Gasteiger partial charge >= 0.3 is 5.97 Å². The van der Waals surface area contributed by atoms with Crippen molar-refractivity contribution in [1.82, 2.24) is 14.9 Å². The Morgan fingerprint density at radius 2 is 1.93 bits per heavy atom. The first-order valence-electron chi connectivity index (χ1n) is 8.38. The summed E-state index contributed by atoms with van der Waals surface area (Å²) in [5.41, 5.74) is -1.05. The number of hydrogen-bond acceptors (Lipinski definition) is 8. The molecule has 9 nitrogen and oxygen atoms in total. The van der Waals surface area contributed by atoms with Crippen LogP contribution >= 0.6 is 11.3 Å². The minimum atomic E-state index is -1.77. The highest BCUT2D eigenvalue weighted by molar-refractivity contribution is 7.20. The highest BCUT2D eigenvalue weighted by Crippen LogP contribution is 2.36. The van der Waals surface area contributed by atoms with Gasteiger partial charge in [-0.25, -0.2) is 9.78 Å². The van der Waals surface area contributed by atoms with Crippen molar-refractivity contribution in [3.05, 3.63) is 16.3 Å². The molecule has 0 unspecified atom stereocenters. The number of piperidine rings is 1. The second-order valence-corrected chi connectivity index (χ2v) is 7.45. The third-order valence-corrected chi connectivity index (χ3v) is 5.91. The Hall–Kier alpha value is -2.30. The fourth-order valence-corrected chi connectivity index (χ4v) is 4.29. The smallest absolute Gasteiger partial charge is 0.335 e. The van der Waals surface area contributed by atoms with Gasteiger partial charge in [0, 0.05) is 33.0 Å². The summed E-state index contributed by atoms with van der Waals surface area (Å²) in [7, 11) is 3.05. The molecular weight excluding hydrogens is 374 g/mol. The van der Waals surface area contributed by atoms with Crippen LogP contribution in [0.25, 0.3) is 10.2 Å². The number of carboxylic acid groups (broad SMARTS) is 1. The van der Waals surface area contributed by atoms with Crippen molar-refractivity contribution in [2.45, 2.75) is 32.0 Å². The maximum absolute atomic E-state index is 13.0. The van der Waals surface area contributed by atoms with Gasteiger partial charge in [0.1, 0.15) is 11.4 Å². The van der Waals surface area contributed by atoms with Crippen LogP contribution < -0.4 is 4.74 Å². The fourth-order valence-electron chi connectivity index (χ4n) is 3.13. The van der Waals surface area contributed by atoms with E-state index in [2.05, 4.69) is 9.97 Å². The first-order chi connectivity index (χ1) is 12.8. The van der Waals surface area contributed by atoms with Crippen molar-refractivity contribution in [2.75, 3.05) is 27.3 Å². The van der Waals surface area contributed by atoms with Crippen LogP contribution in [-0.2, 0) is 16.1 Å². The number of likely N-dealkylation sites (tertiary alicyclic amines) is 1. The van der Waals surface area contributed by atoms with Crippen LogP contribution in [0.2, 0.25) is 0 Å². The van der Waals surface area contributed by atoms with E-state index in [1.165, 1.54) is 18.4 Å². The van der Waals surface area contributed by atoms with Crippen LogP contribution in [0.15, 0.2) is 0 Å². The third-order valence-electron chi connectivity index (χ3n) is 4.74. The van der Waals surface area contributed by atoms with E-state index in [9.17, 15) is 14.7 Å². The van der Waals surface area contributed by atoms with Crippen molar-refractivity contribution in [1.29, 1.82) is 0 Å². The van der Waals surface area contributed by atoms with Crippen LogP contribution in [0.1, 0.15) is 33.9 Å². The molecule has 0 saturated carbocycles. The topological polar surface area (TPSA) is 122 Å². The number of amides is 1. The zero-order valence-electron chi connectivity index (χ0n) is 15.3. The molecule has 1 aliphatic heterocycles. The summed E-state index contributed by atoms with van der Waals surface area (Å²) in [5.74, 6) is -0.609. The number of aryl methyl sites for hydroxylation is 1. The number of methoxy groups -OCH3 is 2. The van der Waals surface area contributed by atoms with Gasteiger partial charge in [0.15, 0.2) is 11.4 Å². The Labute approximate surface area is 159 Å². The molecular formula is C17H21N3O6S. The third kappa shape index (κ3) is 3.47. The Morgan fingerprint density at radius 3 is 2.48 bits per heavy atom. The lowest BCUT2D eigenvalue weighted by atomic mass is 9.91. The normalized spacial score (nSPS) is 16.5. The quantitative estimate of drug-likeness (QED) is 0.775. The standard InChI is InChI=1S/C17H21N3O6S/c1-9-11-13(26-3)18-10(8-25-2)19-14(11)27-12(9)15(21)20-6-4-17(24,5-7-20)16(22)23/h24H,4-8H2,1-3H3,(H,22,23). The number of carbonyl (C=O) groups is 2. The van der Waals surface area contributed by atoms with Gasteiger partial charge in [-0.1, -0.05) is 0 Å². The molecule has 2 N–H and O–H groups in total. The predicted octanol–water partition coefficient (Wildman–Crippen LogP) is 1.21.